The van der Waals surface area contributed by atoms with Crippen molar-refractivity contribution in [2.45, 2.75) is 90.5 Å². The summed E-state index contributed by atoms with van der Waals surface area (Å²) in [4.78, 5) is 43.1. The molecule has 0 unspecified atom stereocenters. The quantitative estimate of drug-likeness (QED) is 0.543. The maximum absolute atomic E-state index is 13.9. The molecule has 2 bridgehead atoms. The van der Waals surface area contributed by atoms with E-state index in [1.165, 1.54) is 6.42 Å². The molecule has 7 heteroatoms. The number of carbonyl (C=O) groups excluding carboxylic acids is 3. The van der Waals surface area contributed by atoms with Gasteiger partial charge in [-0.3, -0.25) is 14.4 Å². The molecule has 0 radical (unpaired) electrons. The van der Waals surface area contributed by atoms with Gasteiger partial charge in [0.1, 0.15) is 11.6 Å². The average molecular weight is 508 g/mol. The first-order valence-electron chi connectivity index (χ1n) is 14.0. The molecule has 1 spiro atoms. The van der Waals surface area contributed by atoms with Crippen LogP contribution in [0, 0.1) is 37.5 Å². The van der Waals surface area contributed by atoms with Gasteiger partial charge in [-0.25, -0.2) is 0 Å². The standard InChI is InChI=1S/C30H41N3O4/c1-6-7-15-33-26(28(35)32-22-10-8-9-18(3)20(22)5)30-14-13-23(37-30)24(25(30)29(33)36)27(34)31-21-12-11-17(2)19(4)16-21/h11-14,16,18,20,22-26H,6-10,15H2,1-5H3,(H,31,34)(H,32,35)/t18-,20-,22+,23+,24+,25+,26-,30-/m0/s1. The Hall–Kier alpha value is -2.67. The predicted octanol–water partition coefficient (Wildman–Crippen LogP) is 4.13. The van der Waals surface area contributed by atoms with E-state index >= 15 is 0 Å². The van der Waals surface area contributed by atoms with Gasteiger partial charge in [-0.05, 0) is 61.8 Å². The maximum Gasteiger partial charge on any atom is 0.246 e. The Kier molecular flexibility index (Phi) is 6.94. The minimum atomic E-state index is -1.10. The molecule has 1 aliphatic carbocycles. The number of hydrogen-bond donors (Lipinski definition) is 2. The molecule has 1 aromatic rings. The molecule has 8 atom stereocenters. The summed E-state index contributed by atoms with van der Waals surface area (Å²) in [6.07, 6.45) is 8.17. The monoisotopic (exact) mass is 507 g/mol. The minimum Gasteiger partial charge on any atom is -0.359 e. The number of aryl methyl sites for hydroxylation is 2. The van der Waals surface area contributed by atoms with Crippen molar-refractivity contribution in [3.05, 3.63) is 41.5 Å². The minimum absolute atomic E-state index is 0.0845. The lowest BCUT2D eigenvalue weighted by Gasteiger charge is -2.38. The van der Waals surface area contributed by atoms with Gasteiger partial charge in [-0.15, -0.1) is 0 Å². The van der Waals surface area contributed by atoms with Crippen LogP contribution in [0.25, 0.3) is 0 Å². The summed E-state index contributed by atoms with van der Waals surface area (Å²) in [5, 5.41) is 6.33. The van der Waals surface area contributed by atoms with Gasteiger partial charge in [0.2, 0.25) is 17.7 Å². The number of unbranched alkanes of at least 4 members (excludes halogenated alkanes) is 1. The molecule has 1 saturated carbocycles. The summed E-state index contributed by atoms with van der Waals surface area (Å²) in [7, 11) is 0. The highest BCUT2D eigenvalue weighted by molar-refractivity contribution is 6.02. The normalized spacial score (nSPS) is 36.1. The summed E-state index contributed by atoms with van der Waals surface area (Å²) < 4.78 is 6.45. The van der Waals surface area contributed by atoms with Crippen LogP contribution >= 0.6 is 0 Å². The zero-order valence-corrected chi connectivity index (χ0v) is 22.8. The molecule has 37 heavy (non-hydrogen) atoms. The molecule has 3 amide bonds. The van der Waals surface area contributed by atoms with Crippen LogP contribution in [0.15, 0.2) is 30.4 Å². The van der Waals surface area contributed by atoms with Crippen LogP contribution in [0.4, 0.5) is 5.69 Å². The fourth-order valence-corrected chi connectivity index (χ4v) is 6.93. The number of fused-ring (bicyclic) bond motifs is 1. The Morgan fingerprint density at radius 3 is 2.65 bits per heavy atom. The van der Waals surface area contributed by atoms with Crippen LogP contribution in [0.2, 0.25) is 0 Å². The number of nitrogens with zero attached hydrogens (tertiary/aromatic N) is 1. The van der Waals surface area contributed by atoms with E-state index in [1.54, 1.807) is 4.90 Å². The lowest BCUT2D eigenvalue weighted by Crippen LogP contribution is -2.58. The van der Waals surface area contributed by atoms with Crippen molar-refractivity contribution in [3.8, 4) is 0 Å². The fourth-order valence-electron chi connectivity index (χ4n) is 6.93. The van der Waals surface area contributed by atoms with Crippen molar-refractivity contribution in [1.82, 2.24) is 10.2 Å². The average Bonchev–Trinajstić information content (AvgIpc) is 3.50. The molecule has 5 rings (SSSR count). The van der Waals surface area contributed by atoms with E-state index in [4.69, 9.17) is 4.74 Å². The third kappa shape index (κ3) is 4.29. The van der Waals surface area contributed by atoms with Crippen molar-refractivity contribution >= 4 is 23.4 Å². The van der Waals surface area contributed by atoms with Gasteiger partial charge in [-0.1, -0.05) is 58.3 Å². The Balaban J connectivity index is 1.42. The van der Waals surface area contributed by atoms with Crippen molar-refractivity contribution in [2.24, 2.45) is 23.7 Å². The maximum atomic E-state index is 13.9. The number of benzene rings is 1. The Morgan fingerprint density at radius 1 is 1.14 bits per heavy atom. The van der Waals surface area contributed by atoms with Gasteiger partial charge >= 0.3 is 0 Å². The lowest BCUT2D eigenvalue weighted by atomic mass is 9.73. The van der Waals surface area contributed by atoms with Gasteiger partial charge < -0.3 is 20.3 Å². The van der Waals surface area contributed by atoms with Crippen molar-refractivity contribution in [3.63, 3.8) is 0 Å². The van der Waals surface area contributed by atoms with Crippen molar-refractivity contribution in [2.75, 3.05) is 11.9 Å². The zero-order valence-electron chi connectivity index (χ0n) is 22.8. The molecular formula is C30H41N3O4. The van der Waals surface area contributed by atoms with Gasteiger partial charge in [0.05, 0.1) is 17.9 Å². The van der Waals surface area contributed by atoms with E-state index < -0.39 is 29.6 Å². The Bertz CT molecular complexity index is 1120. The number of amides is 3. The molecule has 4 aliphatic rings. The Morgan fingerprint density at radius 2 is 1.92 bits per heavy atom. The summed E-state index contributed by atoms with van der Waals surface area (Å²) in [5.41, 5.74) is 1.84. The van der Waals surface area contributed by atoms with Gasteiger partial charge in [0.25, 0.3) is 0 Å². The number of carbonyl (C=O) groups is 3. The molecule has 2 N–H and O–H groups in total. The predicted molar refractivity (Wildman–Crippen MR) is 143 cm³/mol. The molecular weight excluding hydrogens is 466 g/mol. The van der Waals surface area contributed by atoms with E-state index in [-0.39, 0.29) is 23.8 Å². The summed E-state index contributed by atoms with van der Waals surface area (Å²) >= 11 is 0. The van der Waals surface area contributed by atoms with Gasteiger partial charge in [0, 0.05) is 18.3 Å². The van der Waals surface area contributed by atoms with E-state index in [2.05, 4.69) is 31.4 Å². The third-order valence-corrected chi connectivity index (χ3v) is 9.49. The van der Waals surface area contributed by atoms with Gasteiger partial charge in [-0.2, -0.15) is 0 Å². The second-order valence-corrected chi connectivity index (χ2v) is 11.8. The van der Waals surface area contributed by atoms with Gasteiger partial charge in [0.15, 0.2) is 0 Å². The molecule has 0 aromatic heterocycles. The van der Waals surface area contributed by atoms with E-state index in [0.29, 0.717) is 24.1 Å². The smallest absolute Gasteiger partial charge is 0.246 e. The topological polar surface area (TPSA) is 87.7 Å². The lowest BCUT2D eigenvalue weighted by molar-refractivity contribution is -0.141. The third-order valence-electron chi connectivity index (χ3n) is 9.49. The van der Waals surface area contributed by atoms with E-state index in [1.807, 2.05) is 44.2 Å². The molecule has 1 aromatic carbocycles. The summed E-state index contributed by atoms with van der Waals surface area (Å²) in [5.74, 6) is -0.990. The zero-order chi connectivity index (χ0) is 26.5. The molecule has 2 saturated heterocycles. The largest absolute Gasteiger partial charge is 0.359 e. The first-order valence-corrected chi connectivity index (χ1v) is 14.0. The molecule has 200 valence electrons. The fraction of sp³-hybridized carbons (Fsp3) is 0.633. The Labute approximate surface area is 220 Å². The number of likely N-dealkylation sites (tertiary alicyclic amines) is 1. The van der Waals surface area contributed by atoms with Crippen LogP contribution in [0.1, 0.15) is 64.0 Å². The van der Waals surface area contributed by atoms with E-state index in [0.717, 1.165) is 36.8 Å². The van der Waals surface area contributed by atoms with Crippen molar-refractivity contribution < 1.29 is 19.1 Å². The highest BCUT2D eigenvalue weighted by Crippen LogP contribution is 2.55. The highest BCUT2D eigenvalue weighted by atomic mass is 16.5. The number of hydrogen-bond acceptors (Lipinski definition) is 4. The first kappa shape index (κ1) is 26.0. The molecule has 3 aliphatic heterocycles. The molecule has 3 heterocycles. The van der Waals surface area contributed by atoms with E-state index in [9.17, 15) is 14.4 Å². The second-order valence-electron chi connectivity index (χ2n) is 11.8. The van der Waals surface area contributed by atoms with Crippen molar-refractivity contribution in [1.29, 1.82) is 0 Å². The summed E-state index contributed by atoms with van der Waals surface area (Å²) in [6.45, 7) is 11.0. The summed E-state index contributed by atoms with van der Waals surface area (Å²) in [6, 6.07) is 5.12. The SMILES string of the molecule is CCCCN1C(=O)[C@H]2[C@H](C(=O)Nc3ccc(C)c(C)c3)[C@H]3C=C[C@@]2(O3)[C@@H]1C(=O)N[C@@H]1CCC[C@H](C)[C@@H]1C. The molecule has 3 fully saturated rings. The first-order chi connectivity index (χ1) is 17.7. The number of ether oxygens (including phenoxy) is 1. The number of rotatable bonds is 7. The molecule has 7 nitrogen and oxygen atoms in total. The van der Waals surface area contributed by atoms with Crippen LogP contribution in [-0.4, -0.2) is 53.0 Å². The number of nitrogens with one attached hydrogen (secondary N) is 2. The van der Waals surface area contributed by atoms with Crippen LogP contribution in [-0.2, 0) is 19.1 Å². The van der Waals surface area contributed by atoms with Crippen LogP contribution in [0.5, 0.6) is 0 Å². The van der Waals surface area contributed by atoms with Crippen LogP contribution < -0.4 is 10.6 Å². The second kappa shape index (κ2) is 9.90. The number of anilines is 1. The highest BCUT2D eigenvalue weighted by Gasteiger charge is 2.72. The van der Waals surface area contributed by atoms with Crippen LogP contribution in [0.3, 0.4) is 0 Å².